The van der Waals surface area contributed by atoms with Crippen molar-refractivity contribution in [2.45, 2.75) is 17.8 Å². The Hall–Kier alpha value is -1.82. The summed E-state index contributed by atoms with van der Waals surface area (Å²) in [6.07, 6.45) is 0.643. The van der Waals surface area contributed by atoms with Crippen LogP contribution < -0.4 is 50.6 Å². The maximum Gasteiger partial charge on any atom is 1.00 e. The van der Waals surface area contributed by atoms with Gasteiger partial charge in [-0.15, -0.1) is 46.2 Å². The summed E-state index contributed by atoms with van der Waals surface area (Å²) in [6.45, 7) is 0. The third kappa shape index (κ3) is 5.84. The second kappa shape index (κ2) is 12.1. The van der Waals surface area contributed by atoms with Gasteiger partial charge in [-0.1, -0.05) is 5.16 Å². The van der Waals surface area contributed by atoms with Crippen molar-refractivity contribution >= 4 is 80.0 Å². The molecule has 2 atom stereocenters. The van der Waals surface area contributed by atoms with E-state index < -0.39 is 34.9 Å². The van der Waals surface area contributed by atoms with Crippen molar-refractivity contribution in [1.82, 2.24) is 20.2 Å². The average molecular weight is 578 g/mol. The molecule has 2 aromatic heterocycles. The number of carboxylic acid groups (broad SMARTS) is 1. The van der Waals surface area contributed by atoms with Crippen molar-refractivity contribution < 1.29 is 54.3 Å². The van der Waals surface area contributed by atoms with Gasteiger partial charge in [-0.3, -0.25) is 14.5 Å². The Kier molecular flexibility index (Phi) is 9.70. The third-order valence-corrected chi connectivity index (χ3v) is 9.34. The van der Waals surface area contributed by atoms with Crippen molar-refractivity contribution in [2.75, 3.05) is 36.2 Å². The van der Waals surface area contributed by atoms with E-state index in [2.05, 4.69) is 20.4 Å². The van der Waals surface area contributed by atoms with Gasteiger partial charge in [-0.25, -0.2) is 9.97 Å². The van der Waals surface area contributed by atoms with Crippen LogP contribution in [0.15, 0.2) is 26.5 Å². The van der Waals surface area contributed by atoms with Gasteiger partial charge in [0.2, 0.25) is 0 Å². The molecule has 2 amide bonds. The van der Waals surface area contributed by atoms with Crippen LogP contribution in [0.3, 0.4) is 0 Å². The van der Waals surface area contributed by atoms with E-state index in [1.807, 2.05) is 24.4 Å². The minimum absolute atomic E-state index is 0. The quantitative estimate of drug-likeness (QED) is 0.0898. The fourth-order valence-corrected chi connectivity index (χ4v) is 7.35. The number of aryl methyl sites for hydroxylation is 1. The molecule has 1 fully saturated rings. The first kappa shape index (κ1) is 28.7. The number of nitrogens with one attached hydrogen (secondary N) is 1. The number of β-lactam (4-membered cyclic amide) rings is 1. The van der Waals surface area contributed by atoms with Crippen LogP contribution in [0.4, 0.5) is 10.3 Å². The Balaban J connectivity index is 0.00000361. The van der Waals surface area contributed by atoms with Gasteiger partial charge in [-0.05, 0) is 6.42 Å². The second-order valence-electron chi connectivity index (χ2n) is 7.55. The van der Waals surface area contributed by atoms with E-state index in [9.17, 15) is 24.7 Å². The predicted molar refractivity (Wildman–Crippen MR) is 135 cm³/mol. The van der Waals surface area contributed by atoms with Gasteiger partial charge in [0.05, 0.1) is 17.4 Å². The number of carbonyl (C=O) groups is 3. The number of aliphatic carboxylic acids is 1. The molecule has 17 heteroatoms. The molecule has 2 aromatic rings. The number of oxime groups is 1. The molecule has 0 unspecified atom stereocenters. The molecular formula is C19H20N7NaO5S4. The molecule has 2 aliphatic rings. The van der Waals surface area contributed by atoms with Crippen LogP contribution in [0, 0.1) is 0 Å². The van der Waals surface area contributed by atoms with Crippen LogP contribution in [0.1, 0.15) is 11.4 Å². The van der Waals surface area contributed by atoms with Crippen LogP contribution in [0.5, 0.6) is 0 Å². The number of thiazole rings is 2. The van der Waals surface area contributed by atoms with Gasteiger partial charge in [0, 0.05) is 41.3 Å². The monoisotopic (exact) mass is 577 g/mol. The third-order valence-electron chi connectivity index (χ3n) is 5.05. The number of hydrogen-bond acceptors (Lipinski definition) is 14. The summed E-state index contributed by atoms with van der Waals surface area (Å²) in [5, 5.41) is 30.5. The zero-order valence-corrected chi connectivity index (χ0v) is 24.7. The number of fused-ring (bicyclic) bond motifs is 1. The molecule has 36 heavy (non-hydrogen) atoms. The molecule has 0 spiro atoms. The summed E-state index contributed by atoms with van der Waals surface area (Å²) in [5.41, 5.74) is 5.97. The number of aromatic nitrogens is 2. The van der Waals surface area contributed by atoms with E-state index in [1.165, 1.54) is 40.2 Å². The Morgan fingerprint density at radius 2 is 2.11 bits per heavy atom. The van der Waals surface area contributed by atoms with Crippen molar-refractivity contribution in [3.05, 3.63) is 32.8 Å². The number of carboxylic acids is 1. The summed E-state index contributed by atoms with van der Waals surface area (Å²) >= 11 is 5.28. The zero-order chi connectivity index (χ0) is 25.3. The van der Waals surface area contributed by atoms with Crippen LogP contribution in [0.2, 0.25) is 0 Å². The van der Waals surface area contributed by atoms with Crippen molar-refractivity contribution in [1.29, 1.82) is 0 Å². The molecular weight excluding hydrogens is 558 g/mol. The number of anilines is 2. The van der Waals surface area contributed by atoms with Crippen LogP contribution in [-0.4, -0.2) is 80.6 Å². The SMILES string of the molecule is CN(C)c1nc(CCSC2=C(C(=O)[O-])N3C(=O)[C@@H](NC(=O)/C(=N\O)c4csc(N)n4)[C@H]3SC2)cs1.[Na+]. The van der Waals surface area contributed by atoms with E-state index in [0.717, 1.165) is 27.1 Å². The largest absolute Gasteiger partial charge is 1.00 e. The maximum atomic E-state index is 12.8. The Morgan fingerprint density at radius 1 is 1.36 bits per heavy atom. The van der Waals surface area contributed by atoms with Gasteiger partial charge in [0.25, 0.3) is 11.8 Å². The Labute approximate surface area is 244 Å². The summed E-state index contributed by atoms with van der Waals surface area (Å²) < 4.78 is 0. The number of carbonyl (C=O) groups excluding carboxylic acids is 3. The summed E-state index contributed by atoms with van der Waals surface area (Å²) in [4.78, 5) is 49.3. The molecule has 0 bridgehead atoms. The van der Waals surface area contributed by atoms with E-state index in [0.29, 0.717) is 22.8 Å². The summed E-state index contributed by atoms with van der Waals surface area (Å²) in [6, 6.07) is -0.986. The number of hydrogen-bond donors (Lipinski definition) is 3. The molecule has 0 aliphatic carbocycles. The summed E-state index contributed by atoms with van der Waals surface area (Å²) in [7, 11) is 3.83. The molecule has 12 nitrogen and oxygen atoms in total. The Bertz CT molecular complexity index is 1230. The number of amides is 2. The van der Waals surface area contributed by atoms with E-state index in [-0.39, 0.29) is 46.1 Å². The van der Waals surface area contributed by atoms with Gasteiger partial charge in [-0.2, -0.15) is 0 Å². The molecule has 0 aromatic carbocycles. The first-order valence-electron chi connectivity index (χ1n) is 10.1. The molecule has 186 valence electrons. The minimum atomic E-state index is -1.45. The minimum Gasteiger partial charge on any atom is -0.543 e. The fourth-order valence-electron chi connectivity index (χ4n) is 3.41. The van der Waals surface area contributed by atoms with Gasteiger partial charge >= 0.3 is 29.6 Å². The molecule has 0 saturated carbocycles. The molecule has 0 radical (unpaired) electrons. The molecule has 4 N–H and O–H groups in total. The second-order valence-corrected chi connectivity index (χ2v) is 11.6. The molecule has 4 heterocycles. The van der Waals surface area contributed by atoms with Crippen molar-refractivity contribution in [3.8, 4) is 0 Å². The van der Waals surface area contributed by atoms with Crippen molar-refractivity contribution in [2.24, 2.45) is 5.16 Å². The van der Waals surface area contributed by atoms with Crippen LogP contribution in [0.25, 0.3) is 0 Å². The van der Waals surface area contributed by atoms with Crippen molar-refractivity contribution in [3.63, 3.8) is 0 Å². The number of nitrogen functional groups attached to an aromatic ring is 1. The number of nitrogens with two attached hydrogens (primary N) is 1. The maximum absolute atomic E-state index is 12.8. The first-order chi connectivity index (χ1) is 16.7. The smallest absolute Gasteiger partial charge is 0.543 e. The molecule has 1 saturated heterocycles. The predicted octanol–water partition coefficient (Wildman–Crippen LogP) is -3.23. The topological polar surface area (TPSA) is 177 Å². The van der Waals surface area contributed by atoms with E-state index in [4.69, 9.17) is 5.73 Å². The first-order valence-corrected chi connectivity index (χ1v) is 13.9. The number of nitrogens with zero attached hydrogens (tertiary/aromatic N) is 5. The summed E-state index contributed by atoms with van der Waals surface area (Å²) in [5.74, 6) is -1.93. The normalized spacial score (nSPS) is 19.3. The number of rotatable bonds is 9. The standard InChI is InChI=1S/C19H21N7O5S4.Na/c1-25(2)19-21-8(5-35-19)3-4-32-10-7-33-16-12(15(28)26(16)13(10)17(29)30)23-14(27)11(24-31)9-6-34-18(20)22-9;/h5-6,12,16,31H,3-4,7H2,1-2H3,(H2,20,22)(H,23,27)(H,29,30);/q;+1/p-1/b24-11-;/t12-,16-;/m1./s1. The van der Waals surface area contributed by atoms with Crippen LogP contribution in [-0.2, 0) is 20.8 Å². The zero-order valence-electron chi connectivity index (χ0n) is 19.5. The molecule has 2 aliphatic heterocycles. The Morgan fingerprint density at radius 3 is 2.69 bits per heavy atom. The van der Waals surface area contributed by atoms with E-state index in [1.54, 1.807) is 0 Å². The van der Waals surface area contributed by atoms with Gasteiger partial charge in [0.1, 0.15) is 17.1 Å². The average Bonchev–Trinajstić information content (AvgIpc) is 3.46. The van der Waals surface area contributed by atoms with E-state index >= 15 is 0 Å². The number of thioether (sulfide) groups is 2. The van der Waals surface area contributed by atoms with Gasteiger partial charge in [0.15, 0.2) is 16.0 Å². The van der Waals surface area contributed by atoms with Gasteiger partial charge < -0.3 is 31.1 Å². The fraction of sp³-hybridized carbons (Fsp3) is 0.368. The van der Waals surface area contributed by atoms with Crippen LogP contribution >= 0.6 is 46.2 Å². The molecule has 4 rings (SSSR count).